The van der Waals surface area contributed by atoms with Crippen molar-refractivity contribution in [2.24, 2.45) is 0 Å². The molecule has 0 aromatic heterocycles. The van der Waals surface area contributed by atoms with Crippen LogP contribution >= 0.6 is 0 Å². The molecule has 2 saturated heterocycles. The lowest BCUT2D eigenvalue weighted by atomic mass is 9.73. The average molecular weight is 281 g/mol. The van der Waals surface area contributed by atoms with Crippen LogP contribution in [0.15, 0.2) is 0 Å². The van der Waals surface area contributed by atoms with Crippen LogP contribution in [-0.2, 0) is 9.53 Å². The second kappa shape index (κ2) is 5.30. The molecule has 2 heterocycles. The van der Waals surface area contributed by atoms with Crippen molar-refractivity contribution >= 4 is 5.97 Å². The van der Waals surface area contributed by atoms with E-state index in [4.69, 9.17) is 4.74 Å². The number of likely N-dealkylation sites (tertiary alicyclic amines) is 1. The molecule has 2 unspecified atom stereocenters. The van der Waals surface area contributed by atoms with E-state index in [0.717, 1.165) is 51.7 Å². The van der Waals surface area contributed by atoms with E-state index >= 15 is 0 Å². The Kier molecular flexibility index (Phi) is 3.80. The number of carboxylic acid groups (broad SMARTS) is 1. The fourth-order valence-corrected chi connectivity index (χ4v) is 4.64. The molecule has 0 radical (unpaired) electrons. The third-order valence-electron chi connectivity index (χ3n) is 5.77. The molecule has 0 aromatic carbocycles. The molecule has 4 heteroatoms. The van der Waals surface area contributed by atoms with Crippen molar-refractivity contribution in [2.75, 3.05) is 13.2 Å². The van der Waals surface area contributed by atoms with Gasteiger partial charge in [-0.2, -0.15) is 0 Å². The average Bonchev–Trinajstić information content (AvgIpc) is 2.83. The second-order valence-corrected chi connectivity index (χ2v) is 6.92. The van der Waals surface area contributed by atoms with Crippen LogP contribution in [0.2, 0.25) is 0 Å². The third-order valence-corrected chi connectivity index (χ3v) is 5.77. The van der Waals surface area contributed by atoms with Crippen LogP contribution in [0.5, 0.6) is 0 Å². The third kappa shape index (κ3) is 2.17. The van der Waals surface area contributed by atoms with Gasteiger partial charge in [-0.25, -0.2) is 0 Å². The Morgan fingerprint density at radius 2 is 2.15 bits per heavy atom. The van der Waals surface area contributed by atoms with Gasteiger partial charge >= 0.3 is 5.97 Å². The number of hydrogen-bond acceptors (Lipinski definition) is 3. The smallest absolute Gasteiger partial charge is 0.324 e. The summed E-state index contributed by atoms with van der Waals surface area (Å²) in [7, 11) is 0. The molecule has 0 bridgehead atoms. The summed E-state index contributed by atoms with van der Waals surface area (Å²) < 4.78 is 6.01. The van der Waals surface area contributed by atoms with Crippen molar-refractivity contribution < 1.29 is 14.6 Å². The molecule has 3 aliphatic rings. The predicted octanol–water partition coefficient (Wildman–Crippen LogP) is 2.81. The van der Waals surface area contributed by atoms with Crippen molar-refractivity contribution in [3.05, 3.63) is 0 Å². The topological polar surface area (TPSA) is 49.8 Å². The summed E-state index contributed by atoms with van der Waals surface area (Å²) in [6.07, 6.45) is 9.23. The summed E-state index contributed by atoms with van der Waals surface area (Å²) in [5.74, 6) is -0.606. The highest BCUT2D eigenvalue weighted by atomic mass is 16.5. The number of nitrogens with zero attached hydrogens (tertiary/aromatic N) is 1. The van der Waals surface area contributed by atoms with Gasteiger partial charge in [0.1, 0.15) is 5.54 Å². The van der Waals surface area contributed by atoms with Gasteiger partial charge in [0, 0.05) is 12.6 Å². The number of ether oxygens (including phenoxy) is 1. The van der Waals surface area contributed by atoms with Gasteiger partial charge in [-0.3, -0.25) is 9.69 Å². The first-order valence-corrected chi connectivity index (χ1v) is 8.26. The van der Waals surface area contributed by atoms with E-state index in [9.17, 15) is 9.90 Å². The maximum atomic E-state index is 11.9. The standard InChI is InChI=1S/C16H27NO3/c1-2-6-16(14(18)19)9-4-10-17(16)13-5-11-20-15(12-13)7-3-8-15/h13H,2-12H2,1H3,(H,18,19). The first-order valence-electron chi connectivity index (χ1n) is 8.26. The van der Waals surface area contributed by atoms with Crippen molar-refractivity contribution in [1.29, 1.82) is 0 Å². The molecule has 0 amide bonds. The first kappa shape index (κ1) is 14.3. The summed E-state index contributed by atoms with van der Waals surface area (Å²) in [6.45, 7) is 3.86. The van der Waals surface area contributed by atoms with Crippen LogP contribution in [0.3, 0.4) is 0 Å². The summed E-state index contributed by atoms with van der Waals surface area (Å²) >= 11 is 0. The van der Waals surface area contributed by atoms with Gasteiger partial charge in [0.2, 0.25) is 0 Å². The maximum absolute atomic E-state index is 11.9. The van der Waals surface area contributed by atoms with Gasteiger partial charge in [0.25, 0.3) is 0 Å². The molecule has 0 aromatic rings. The van der Waals surface area contributed by atoms with Crippen molar-refractivity contribution in [3.8, 4) is 0 Å². The molecule has 1 spiro atoms. The SMILES string of the molecule is CCCC1(C(=O)O)CCCN1C1CCOC2(CCC2)C1. The lowest BCUT2D eigenvalue weighted by molar-refractivity contribution is -0.168. The normalized spacial score (nSPS) is 37.0. The fourth-order valence-electron chi connectivity index (χ4n) is 4.64. The minimum Gasteiger partial charge on any atom is -0.480 e. The quantitative estimate of drug-likeness (QED) is 0.861. The van der Waals surface area contributed by atoms with Crippen LogP contribution in [-0.4, -0.2) is 46.3 Å². The zero-order valence-electron chi connectivity index (χ0n) is 12.6. The Bertz CT molecular complexity index is 380. The van der Waals surface area contributed by atoms with Gasteiger partial charge in [-0.05, 0) is 57.9 Å². The molecule has 2 atom stereocenters. The summed E-state index contributed by atoms with van der Waals surface area (Å²) in [5.41, 5.74) is -0.496. The molecule has 1 aliphatic carbocycles. The van der Waals surface area contributed by atoms with Crippen molar-refractivity contribution in [1.82, 2.24) is 4.90 Å². The summed E-state index contributed by atoms with van der Waals surface area (Å²) in [6, 6.07) is 0.411. The van der Waals surface area contributed by atoms with Crippen LogP contribution < -0.4 is 0 Å². The van der Waals surface area contributed by atoms with Crippen LogP contribution in [0.4, 0.5) is 0 Å². The van der Waals surface area contributed by atoms with Gasteiger partial charge in [0.15, 0.2) is 0 Å². The highest BCUT2D eigenvalue weighted by Crippen LogP contribution is 2.46. The Balaban J connectivity index is 1.78. The van der Waals surface area contributed by atoms with E-state index in [1.165, 1.54) is 19.3 Å². The summed E-state index contributed by atoms with van der Waals surface area (Å²) in [5, 5.41) is 9.82. The second-order valence-electron chi connectivity index (χ2n) is 6.92. The zero-order chi connectivity index (χ0) is 14.2. The molecule has 3 fully saturated rings. The van der Waals surface area contributed by atoms with Gasteiger partial charge in [0.05, 0.1) is 5.60 Å². The molecule has 3 rings (SSSR count). The van der Waals surface area contributed by atoms with Gasteiger partial charge in [-0.15, -0.1) is 0 Å². The largest absolute Gasteiger partial charge is 0.480 e. The Morgan fingerprint density at radius 3 is 2.75 bits per heavy atom. The van der Waals surface area contributed by atoms with Crippen molar-refractivity contribution in [3.63, 3.8) is 0 Å². The molecular formula is C16H27NO3. The minimum atomic E-state index is -0.606. The molecule has 1 N–H and O–H groups in total. The predicted molar refractivity (Wildman–Crippen MR) is 76.8 cm³/mol. The van der Waals surface area contributed by atoms with Crippen LogP contribution in [0, 0.1) is 0 Å². The number of hydrogen-bond donors (Lipinski definition) is 1. The Hall–Kier alpha value is -0.610. The van der Waals surface area contributed by atoms with E-state index in [1.807, 2.05) is 0 Å². The monoisotopic (exact) mass is 281 g/mol. The molecular weight excluding hydrogens is 254 g/mol. The van der Waals surface area contributed by atoms with Gasteiger partial charge in [-0.1, -0.05) is 13.3 Å². The Labute approximate surface area is 121 Å². The zero-order valence-corrected chi connectivity index (χ0v) is 12.6. The van der Waals surface area contributed by atoms with E-state index in [1.54, 1.807) is 0 Å². The highest BCUT2D eigenvalue weighted by Gasteiger charge is 2.52. The number of aliphatic carboxylic acids is 1. The van der Waals surface area contributed by atoms with E-state index in [-0.39, 0.29) is 5.60 Å². The lowest BCUT2D eigenvalue weighted by Crippen LogP contribution is -2.59. The van der Waals surface area contributed by atoms with Crippen LogP contribution in [0.25, 0.3) is 0 Å². The minimum absolute atomic E-state index is 0.0992. The molecule has 2 aliphatic heterocycles. The Morgan fingerprint density at radius 1 is 1.35 bits per heavy atom. The first-order chi connectivity index (χ1) is 9.62. The van der Waals surface area contributed by atoms with E-state index in [0.29, 0.717) is 6.04 Å². The fraction of sp³-hybridized carbons (Fsp3) is 0.938. The number of carboxylic acids is 1. The van der Waals surface area contributed by atoms with E-state index in [2.05, 4.69) is 11.8 Å². The molecule has 114 valence electrons. The molecule has 4 nitrogen and oxygen atoms in total. The van der Waals surface area contributed by atoms with Gasteiger partial charge < -0.3 is 9.84 Å². The molecule has 20 heavy (non-hydrogen) atoms. The maximum Gasteiger partial charge on any atom is 0.324 e. The lowest BCUT2D eigenvalue weighted by Gasteiger charge is -2.51. The molecule has 1 saturated carbocycles. The summed E-state index contributed by atoms with van der Waals surface area (Å²) in [4.78, 5) is 14.3. The number of carbonyl (C=O) groups is 1. The highest BCUT2D eigenvalue weighted by molar-refractivity contribution is 5.79. The number of rotatable bonds is 4. The van der Waals surface area contributed by atoms with Crippen LogP contribution in [0.1, 0.15) is 64.7 Å². The van der Waals surface area contributed by atoms with Crippen molar-refractivity contribution in [2.45, 2.75) is 81.9 Å². The van der Waals surface area contributed by atoms with E-state index < -0.39 is 11.5 Å².